The van der Waals surface area contributed by atoms with Gasteiger partial charge in [0.1, 0.15) is 22.1 Å². The van der Waals surface area contributed by atoms with E-state index >= 15 is 0 Å². The quantitative estimate of drug-likeness (QED) is 0.409. The number of rotatable bonds is 5. The lowest BCUT2D eigenvalue weighted by Crippen LogP contribution is -2.52. The second kappa shape index (κ2) is 8.23. The molecule has 10 heteroatoms. The Hall–Kier alpha value is -3.20. The number of H-pyrrole nitrogens is 1. The molecule has 34 heavy (non-hydrogen) atoms. The smallest absolute Gasteiger partial charge is 0.311 e. The molecule has 4 aromatic rings. The zero-order valence-corrected chi connectivity index (χ0v) is 19.8. The predicted octanol–water partition coefficient (Wildman–Crippen LogP) is 4.34. The molecular weight excluding hydrogens is 454 g/mol. The molecule has 0 aromatic carbocycles. The van der Waals surface area contributed by atoms with Crippen LogP contribution in [0.3, 0.4) is 0 Å². The Morgan fingerprint density at radius 3 is 2.82 bits per heavy atom. The fraction of sp³-hybridized carbons (Fsp3) is 0.458. The van der Waals surface area contributed by atoms with Crippen molar-refractivity contribution in [1.82, 2.24) is 29.5 Å². The monoisotopic (exact) mass is 479 g/mol. The second-order valence-electron chi connectivity index (χ2n) is 9.27. The van der Waals surface area contributed by atoms with Crippen LogP contribution in [0.25, 0.3) is 33.6 Å². The van der Waals surface area contributed by atoms with Gasteiger partial charge in [-0.2, -0.15) is 0 Å². The van der Waals surface area contributed by atoms with Crippen LogP contribution >= 0.6 is 11.6 Å². The van der Waals surface area contributed by atoms with Crippen LogP contribution in [0.2, 0.25) is 5.15 Å². The molecule has 2 bridgehead atoms. The molecule has 4 aromatic heterocycles. The number of hydrogen-bond acceptors (Lipinski definition) is 7. The SMILES string of the molecule is CCOC(=O)[C@H]1C2CCC(CC2)[C@@H]1Nc1nc(-c2c[nH]c3ncc(Cl)nc23)nc2c1ccn2C. The topological polar surface area (TPSA) is 111 Å². The number of aromatic nitrogens is 6. The number of nitrogens with zero attached hydrogens (tertiary/aromatic N) is 5. The van der Waals surface area contributed by atoms with Crippen LogP contribution in [-0.4, -0.2) is 48.1 Å². The summed E-state index contributed by atoms with van der Waals surface area (Å²) in [7, 11) is 1.96. The van der Waals surface area contributed by atoms with Crippen molar-refractivity contribution in [2.45, 2.75) is 38.6 Å². The third-order valence-electron chi connectivity index (χ3n) is 7.40. The molecule has 3 aliphatic rings. The minimum absolute atomic E-state index is 0.0186. The van der Waals surface area contributed by atoms with E-state index in [0.717, 1.165) is 48.1 Å². The van der Waals surface area contributed by atoms with E-state index in [0.29, 0.717) is 40.6 Å². The van der Waals surface area contributed by atoms with Gasteiger partial charge in [0, 0.05) is 25.5 Å². The van der Waals surface area contributed by atoms with Gasteiger partial charge in [0.2, 0.25) is 0 Å². The number of esters is 1. The number of halogens is 1. The Morgan fingerprint density at radius 2 is 2.03 bits per heavy atom. The zero-order chi connectivity index (χ0) is 23.4. The average Bonchev–Trinajstić information content (AvgIpc) is 3.43. The largest absolute Gasteiger partial charge is 0.466 e. The van der Waals surface area contributed by atoms with Crippen molar-refractivity contribution < 1.29 is 9.53 Å². The minimum atomic E-state index is -0.164. The summed E-state index contributed by atoms with van der Waals surface area (Å²) in [5, 5.41) is 4.91. The van der Waals surface area contributed by atoms with Crippen molar-refractivity contribution in [3.8, 4) is 11.4 Å². The number of aromatic amines is 1. The predicted molar refractivity (Wildman–Crippen MR) is 129 cm³/mol. The van der Waals surface area contributed by atoms with E-state index in [4.69, 9.17) is 26.3 Å². The van der Waals surface area contributed by atoms with Crippen LogP contribution in [0.4, 0.5) is 5.82 Å². The Balaban J connectivity index is 1.45. The number of ether oxygens (including phenoxy) is 1. The molecule has 0 saturated heterocycles. The van der Waals surface area contributed by atoms with Crippen molar-refractivity contribution >= 4 is 45.6 Å². The Labute approximate surface area is 201 Å². The highest BCUT2D eigenvalue weighted by Crippen LogP contribution is 2.47. The van der Waals surface area contributed by atoms with Gasteiger partial charge in [-0.25, -0.2) is 19.9 Å². The minimum Gasteiger partial charge on any atom is -0.466 e. The molecule has 3 fully saturated rings. The zero-order valence-electron chi connectivity index (χ0n) is 19.1. The van der Waals surface area contributed by atoms with Crippen molar-refractivity contribution in [2.75, 3.05) is 11.9 Å². The normalized spacial score (nSPS) is 24.1. The molecule has 3 saturated carbocycles. The van der Waals surface area contributed by atoms with Crippen LogP contribution in [0.15, 0.2) is 24.7 Å². The van der Waals surface area contributed by atoms with Gasteiger partial charge < -0.3 is 19.6 Å². The number of carbonyl (C=O) groups excluding carboxylic acids is 1. The van der Waals surface area contributed by atoms with Crippen LogP contribution < -0.4 is 5.32 Å². The average molecular weight is 480 g/mol. The van der Waals surface area contributed by atoms with Gasteiger partial charge in [-0.15, -0.1) is 0 Å². The van der Waals surface area contributed by atoms with Gasteiger partial charge in [-0.3, -0.25) is 4.79 Å². The Morgan fingerprint density at radius 1 is 1.24 bits per heavy atom. The number of fused-ring (bicyclic) bond motifs is 5. The standard InChI is InChI=1S/C24H26ClN7O2/c1-3-34-24(33)17-12-4-6-13(7-5-12)18(17)29-20-14-8-9-32(2)23(14)31-21(30-20)15-10-26-22-19(15)28-16(25)11-27-22/h8-13,17-18H,3-7H2,1-2H3,(H,26,27)(H,29,30,31)/t12?,13?,17-,18-/m0/s1. The second-order valence-corrected chi connectivity index (χ2v) is 9.66. The summed E-state index contributed by atoms with van der Waals surface area (Å²) < 4.78 is 7.46. The molecule has 0 unspecified atom stereocenters. The summed E-state index contributed by atoms with van der Waals surface area (Å²) in [6, 6.07) is 1.99. The molecule has 4 heterocycles. The van der Waals surface area contributed by atoms with Gasteiger partial charge in [0.25, 0.3) is 0 Å². The lowest BCUT2D eigenvalue weighted by Gasteiger charge is -2.47. The van der Waals surface area contributed by atoms with Gasteiger partial charge in [-0.05, 0) is 50.5 Å². The first-order valence-electron chi connectivity index (χ1n) is 11.8. The first-order chi connectivity index (χ1) is 16.5. The van der Waals surface area contributed by atoms with E-state index in [1.807, 2.05) is 30.8 Å². The van der Waals surface area contributed by atoms with Gasteiger partial charge in [-0.1, -0.05) is 11.6 Å². The highest BCUT2D eigenvalue weighted by molar-refractivity contribution is 6.29. The molecule has 2 atom stereocenters. The van der Waals surface area contributed by atoms with Gasteiger partial charge in [0.15, 0.2) is 11.5 Å². The molecule has 3 aliphatic carbocycles. The van der Waals surface area contributed by atoms with Crippen molar-refractivity contribution in [2.24, 2.45) is 24.8 Å². The lowest BCUT2D eigenvalue weighted by atomic mass is 9.61. The highest BCUT2D eigenvalue weighted by Gasteiger charge is 2.48. The third kappa shape index (κ3) is 3.41. The maximum Gasteiger partial charge on any atom is 0.311 e. The van der Waals surface area contributed by atoms with Crippen LogP contribution in [0.5, 0.6) is 0 Å². The van der Waals surface area contributed by atoms with Crippen LogP contribution in [0, 0.1) is 17.8 Å². The summed E-state index contributed by atoms with van der Waals surface area (Å²) in [5.74, 6) is 1.73. The summed E-state index contributed by atoms with van der Waals surface area (Å²) in [6.07, 6.45) is 9.67. The Kier molecular flexibility index (Phi) is 5.17. The fourth-order valence-corrected chi connectivity index (χ4v) is 5.93. The highest BCUT2D eigenvalue weighted by atomic mass is 35.5. The first kappa shape index (κ1) is 21.3. The molecule has 0 aliphatic heterocycles. The number of nitrogens with one attached hydrogen (secondary N) is 2. The van der Waals surface area contributed by atoms with E-state index < -0.39 is 0 Å². The fourth-order valence-electron chi connectivity index (χ4n) is 5.80. The lowest BCUT2D eigenvalue weighted by molar-refractivity contribution is -0.154. The molecule has 0 amide bonds. The Bertz CT molecular complexity index is 1390. The maximum atomic E-state index is 13.0. The number of aryl methyl sites for hydroxylation is 1. The van der Waals surface area contributed by atoms with Crippen molar-refractivity contribution in [3.05, 3.63) is 29.8 Å². The number of anilines is 1. The summed E-state index contributed by atoms with van der Waals surface area (Å²) in [5.41, 5.74) is 2.76. The molecule has 2 N–H and O–H groups in total. The molecule has 176 valence electrons. The van der Waals surface area contributed by atoms with Crippen LogP contribution in [0.1, 0.15) is 32.6 Å². The molecule has 0 spiro atoms. The number of carbonyl (C=O) groups is 1. The number of hydrogen-bond donors (Lipinski definition) is 2. The molecule has 7 rings (SSSR count). The van der Waals surface area contributed by atoms with Crippen molar-refractivity contribution in [3.63, 3.8) is 0 Å². The molecular formula is C24H26ClN7O2. The van der Waals surface area contributed by atoms with E-state index in [9.17, 15) is 4.79 Å². The van der Waals surface area contributed by atoms with Gasteiger partial charge in [0.05, 0.1) is 29.7 Å². The first-order valence-corrected chi connectivity index (χ1v) is 12.2. The molecule has 0 radical (unpaired) electrons. The van der Waals surface area contributed by atoms with Gasteiger partial charge >= 0.3 is 5.97 Å². The summed E-state index contributed by atoms with van der Waals surface area (Å²) in [4.78, 5) is 34.6. The maximum absolute atomic E-state index is 13.0. The van der Waals surface area contributed by atoms with E-state index in [2.05, 4.69) is 20.3 Å². The summed E-state index contributed by atoms with van der Waals surface area (Å²) >= 11 is 6.12. The van der Waals surface area contributed by atoms with E-state index in [1.165, 1.54) is 6.20 Å². The third-order valence-corrected chi connectivity index (χ3v) is 7.58. The van der Waals surface area contributed by atoms with E-state index in [-0.39, 0.29) is 17.9 Å². The van der Waals surface area contributed by atoms with E-state index in [1.54, 1.807) is 6.20 Å². The molecule has 9 nitrogen and oxygen atoms in total. The van der Waals surface area contributed by atoms with Crippen LogP contribution in [-0.2, 0) is 16.6 Å². The van der Waals surface area contributed by atoms with Crippen molar-refractivity contribution in [1.29, 1.82) is 0 Å². The summed E-state index contributed by atoms with van der Waals surface area (Å²) in [6.45, 7) is 2.26.